The molecule has 0 aliphatic carbocycles. The number of pyridine rings is 2. The first-order chi connectivity index (χ1) is 22.4. The van der Waals surface area contributed by atoms with E-state index >= 15 is 0 Å². The molecule has 0 bridgehead atoms. The molecule has 1 N–H and O–H groups in total. The lowest BCUT2D eigenvalue weighted by Gasteiger charge is -2.27. The summed E-state index contributed by atoms with van der Waals surface area (Å²) in [6.07, 6.45) is 3.71. The highest BCUT2D eigenvalue weighted by Gasteiger charge is 2.29. The third-order valence-corrected chi connectivity index (χ3v) is 9.29. The molecule has 6 rings (SSSR count). The third-order valence-electron chi connectivity index (χ3n) is 9.29. The van der Waals surface area contributed by atoms with Crippen molar-refractivity contribution in [3.05, 3.63) is 113 Å². The summed E-state index contributed by atoms with van der Waals surface area (Å²) in [6.45, 7) is 24.1. The van der Waals surface area contributed by atoms with Crippen LogP contribution >= 0.6 is 0 Å². The van der Waals surface area contributed by atoms with Gasteiger partial charge in [0.15, 0.2) is 0 Å². The summed E-state index contributed by atoms with van der Waals surface area (Å²) in [5, 5.41) is 12.1. The van der Waals surface area contributed by atoms with Gasteiger partial charge in [-0.3, -0.25) is 14.5 Å². The summed E-state index contributed by atoms with van der Waals surface area (Å²) in [5.74, 6) is 0.961. The minimum atomic E-state index is -0.280. The zero-order valence-electron chi connectivity index (χ0n) is 30.3. The third kappa shape index (κ3) is 6.03. The van der Waals surface area contributed by atoms with Gasteiger partial charge in [-0.05, 0) is 94.8 Å². The number of hydrogen-bond acceptors (Lipinski definition) is 4. The van der Waals surface area contributed by atoms with Crippen LogP contribution in [0.2, 0.25) is 0 Å². The molecular formula is C43H48N4O. The molecule has 0 saturated carbocycles. The number of aromatic hydroxyl groups is 1. The van der Waals surface area contributed by atoms with Crippen molar-refractivity contribution < 1.29 is 5.11 Å². The lowest BCUT2D eigenvalue weighted by molar-refractivity contribution is 0.446. The molecule has 0 amide bonds. The van der Waals surface area contributed by atoms with Gasteiger partial charge in [-0.1, -0.05) is 92.6 Å². The smallest absolute Gasteiger partial charge is 0.149 e. The lowest BCUT2D eigenvalue weighted by Crippen LogP contribution is -2.17. The molecule has 5 heteroatoms. The molecule has 0 aliphatic heterocycles. The first-order valence-corrected chi connectivity index (χ1v) is 16.8. The number of phenols is 1. The Labute approximate surface area is 285 Å². The van der Waals surface area contributed by atoms with Crippen LogP contribution in [0, 0.1) is 13.8 Å². The fourth-order valence-electron chi connectivity index (χ4n) is 6.47. The number of aryl methyl sites for hydroxylation is 2. The summed E-state index contributed by atoms with van der Waals surface area (Å²) in [5.41, 5.74) is 12.2. The van der Waals surface area contributed by atoms with Gasteiger partial charge >= 0.3 is 0 Å². The molecule has 0 saturated heterocycles. The van der Waals surface area contributed by atoms with E-state index < -0.39 is 0 Å². The molecule has 3 heterocycles. The van der Waals surface area contributed by atoms with Crippen molar-refractivity contribution in [1.82, 2.24) is 19.5 Å². The van der Waals surface area contributed by atoms with Gasteiger partial charge in [-0.2, -0.15) is 0 Å². The first kappa shape index (κ1) is 33.1. The minimum absolute atomic E-state index is 0.0985. The number of hydrogen-bond donors (Lipinski definition) is 1. The fourth-order valence-corrected chi connectivity index (χ4v) is 6.47. The van der Waals surface area contributed by atoms with E-state index in [4.69, 9.17) is 9.97 Å². The Kier molecular flexibility index (Phi) is 8.10. The average molecular weight is 637 g/mol. The molecule has 0 aliphatic rings. The van der Waals surface area contributed by atoms with Crippen LogP contribution in [0.5, 0.6) is 5.75 Å². The van der Waals surface area contributed by atoms with Crippen molar-refractivity contribution in [2.24, 2.45) is 0 Å². The molecule has 0 atom stereocenters. The summed E-state index contributed by atoms with van der Waals surface area (Å²) in [7, 11) is 0. The van der Waals surface area contributed by atoms with E-state index in [1.165, 1.54) is 5.56 Å². The maximum atomic E-state index is 12.1. The van der Waals surface area contributed by atoms with Crippen LogP contribution in [0.25, 0.3) is 50.6 Å². The van der Waals surface area contributed by atoms with Crippen LogP contribution in [-0.4, -0.2) is 24.6 Å². The largest absolute Gasteiger partial charge is 0.507 e. The van der Waals surface area contributed by atoms with Crippen molar-refractivity contribution in [3.63, 3.8) is 0 Å². The van der Waals surface area contributed by atoms with Gasteiger partial charge in [0, 0.05) is 29.1 Å². The van der Waals surface area contributed by atoms with Crippen LogP contribution in [0.3, 0.4) is 0 Å². The number of phenolic OH excluding ortho intramolecular Hbond substituents is 1. The molecule has 246 valence electrons. The predicted octanol–water partition coefficient (Wildman–Crippen LogP) is 11.0. The van der Waals surface area contributed by atoms with E-state index in [1.54, 1.807) is 0 Å². The number of benzene rings is 3. The van der Waals surface area contributed by atoms with E-state index in [9.17, 15) is 5.11 Å². The minimum Gasteiger partial charge on any atom is -0.507 e. The van der Waals surface area contributed by atoms with Crippen LogP contribution in [0.1, 0.15) is 90.1 Å². The summed E-state index contributed by atoms with van der Waals surface area (Å²) < 4.78 is 2.23. The second kappa shape index (κ2) is 11.7. The molecule has 48 heavy (non-hydrogen) atoms. The van der Waals surface area contributed by atoms with Gasteiger partial charge in [0.25, 0.3) is 0 Å². The molecule has 3 aromatic carbocycles. The Hall–Kier alpha value is -4.77. The molecule has 0 spiro atoms. The lowest BCUT2D eigenvalue weighted by atomic mass is 9.79. The Morgan fingerprint density at radius 2 is 1.27 bits per heavy atom. The van der Waals surface area contributed by atoms with Crippen molar-refractivity contribution in [2.75, 3.05) is 0 Å². The number of rotatable bonds is 4. The number of nitrogens with zero attached hydrogens (tertiary/aromatic N) is 4. The summed E-state index contributed by atoms with van der Waals surface area (Å²) in [6, 6.07) is 25.4. The van der Waals surface area contributed by atoms with E-state index in [0.717, 1.165) is 67.1 Å². The molecule has 5 nitrogen and oxygen atoms in total. The van der Waals surface area contributed by atoms with Gasteiger partial charge in [-0.25, -0.2) is 4.98 Å². The van der Waals surface area contributed by atoms with Crippen molar-refractivity contribution >= 4 is 11.0 Å². The van der Waals surface area contributed by atoms with Crippen molar-refractivity contribution in [3.8, 4) is 45.3 Å². The van der Waals surface area contributed by atoms with Crippen LogP contribution in [-0.2, 0) is 16.2 Å². The van der Waals surface area contributed by atoms with Gasteiger partial charge in [0.2, 0.25) is 0 Å². The second-order valence-corrected chi connectivity index (χ2v) is 16.2. The Morgan fingerprint density at radius 1 is 0.625 bits per heavy atom. The monoisotopic (exact) mass is 636 g/mol. The topological polar surface area (TPSA) is 63.8 Å². The average Bonchev–Trinajstić information content (AvgIpc) is 3.39. The molecular weight excluding hydrogens is 589 g/mol. The van der Waals surface area contributed by atoms with Crippen molar-refractivity contribution in [2.45, 2.75) is 92.4 Å². The van der Waals surface area contributed by atoms with Gasteiger partial charge in [-0.15, -0.1) is 0 Å². The number of imidazole rings is 1. The SMILES string of the molecule is Cc1cccc(C)c1-n1c(-c2cc(C(C)(C)C)cc(C(C)(C)C)c2O)nc2c(-c3cc(-c4ccccn4)cc(C(C)(C)C)c3)nccc21. The summed E-state index contributed by atoms with van der Waals surface area (Å²) in [4.78, 5) is 15.1. The van der Waals surface area contributed by atoms with E-state index in [0.29, 0.717) is 5.82 Å². The molecule has 0 radical (unpaired) electrons. The van der Waals surface area contributed by atoms with E-state index in [1.807, 2.05) is 36.7 Å². The predicted molar refractivity (Wildman–Crippen MR) is 200 cm³/mol. The summed E-state index contributed by atoms with van der Waals surface area (Å²) >= 11 is 0. The quantitative estimate of drug-likeness (QED) is 0.209. The Morgan fingerprint density at radius 3 is 1.88 bits per heavy atom. The van der Waals surface area contributed by atoms with E-state index in [2.05, 4.69) is 134 Å². The first-order valence-electron chi connectivity index (χ1n) is 16.8. The maximum Gasteiger partial charge on any atom is 0.149 e. The zero-order valence-corrected chi connectivity index (χ0v) is 30.3. The number of aromatic nitrogens is 4. The van der Waals surface area contributed by atoms with E-state index in [-0.39, 0.29) is 22.0 Å². The Bertz CT molecular complexity index is 2130. The highest BCUT2D eigenvalue weighted by Crippen LogP contribution is 2.45. The highest BCUT2D eigenvalue weighted by atomic mass is 16.3. The van der Waals surface area contributed by atoms with Gasteiger partial charge in [0.05, 0.1) is 28.2 Å². The molecule has 0 fully saturated rings. The van der Waals surface area contributed by atoms with Crippen molar-refractivity contribution in [1.29, 1.82) is 0 Å². The molecule has 3 aromatic heterocycles. The molecule has 6 aromatic rings. The maximum absolute atomic E-state index is 12.1. The van der Waals surface area contributed by atoms with Crippen LogP contribution in [0.15, 0.2) is 85.2 Å². The second-order valence-electron chi connectivity index (χ2n) is 16.2. The zero-order chi connectivity index (χ0) is 34.8. The van der Waals surface area contributed by atoms with Gasteiger partial charge < -0.3 is 5.11 Å². The Balaban J connectivity index is 1.74. The number of para-hydroxylation sites is 1. The number of fused-ring (bicyclic) bond motifs is 1. The molecule has 0 unspecified atom stereocenters. The standard InChI is InChI=1S/C43H48N4O/c1-26-15-14-16-27(2)38(26)47-35-18-20-45-36(29-21-28(34-17-12-13-19-44-34)22-30(23-29)41(3,4)5)37(35)46-40(47)32-24-31(42(6,7)8)25-33(39(32)48)43(9,10)11/h12-25,48H,1-11H3. The van der Waals surface area contributed by atoms with Crippen LogP contribution < -0.4 is 0 Å². The normalized spacial score (nSPS) is 12.6. The highest BCUT2D eigenvalue weighted by molar-refractivity contribution is 5.95. The van der Waals surface area contributed by atoms with Crippen LogP contribution in [0.4, 0.5) is 0 Å². The van der Waals surface area contributed by atoms with Gasteiger partial charge in [0.1, 0.15) is 17.1 Å². The fraction of sp³-hybridized carbons (Fsp3) is 0.326.